The van der Waals surface area contributed by atoms with Crippen molar-refractivity contribution in [2.75, 3.05) is 24.5 Å². The van der Waals surface area contributed by atoms with Crippen molar-refractivity contribution < 1.29 is 8.42 Å². The smallest absolute Gasteiger partial charge is 0.274 e. The summed E-state index contributed by atoms with van der Waals surface area (Å²) in [6.45, 7) is 6.14. The fourth-order valence-electron chi connectivity index (χ4n) is 3.59. The van der Waals surface area contributed by atoms with E-state index in [-0.39, 0.29) is 0 Å². The van der Waals surface area contributed by atoms with Gasteiger partial charge >= 0.3 is 0 Å². The van der Waals surface area contributed by atoms with Crippen LogP contribution in [0.25, 0.3) is 22.4 Å². The van der Waals surface area contributed by atoms with Gasteiger partial charge in [0.15, 0.2) is 5.82 Å². The van der Waals surface area contributed by atoms with Gasteiger partial charge in [0.2, 0.25) is 0 Å². The van der Waals surface area contributed by atoms with Gasteiger partial charge in [-0.1, -0.05) is 0 Å². The van der Waals surface area contributed by atoms with E-state index in [4.69, 9.17) is 15.1 Å². The Labute approximate surface area is 170 Å². The standard InChI is InChI=1S/C19H25N7O2S/c1-12-8-15-17(9-13(12)2)22-18(16-5-7-25(3)24-16)23-19(15)26-10-14(11-26)4-6-21-29(20,27)28/h5,7-9,14,21H,4,6,10-11H2,1-3H3,(H2,20,27,28). The topological polar surface area (TPSA) is 119 Å². The van der Waals surface area contributed by atoms with Crippen LogP contribution in [0.3, 0.4) is 0 Å². The van der Waals surface area contributed by atoms with Crippen LogP contribution in [-0.4, -0.2) is 47.8 Å². The normalized spacial score (nSPS) is 15.1. The highest BCUT2D eigenvalue weighted by Crippen LogP contribution is 2.33. The summed E-state index contributed by atoms with van der Waals surface area (Å²) in [6, 6.07) is 6.14. The Kier molecular flexibility index (Phi) is 5.01. The van der Waals surface area contributed by atoms with Crippen molar-refractivity contribution in [3.63, 3.8) is 0 Å². The van der Waals surface area contributed by atoms with Crippen molar-refractivity contribution in [3.05, 3.63) is 35.5 Å². The number of hydrogen-bond acceptors (Lipinski definition) is 6. The third-order valence-corrected chi connectivity index (χ3v) is 5.95. The van der Waals surface area contributed by atoms with E-state index >= 15 is 0 Å². The first-order chi connectivity index (χ1) is 13.7. The molecule has 9 nitrogen and oxygen atoms in total. The Morgan fingerprint density at radius 2 is 1.93 bits per heavy atom. The molecular formula is C19H25N7O2S. The number of benzene rings is 1. The first-order valence-electron chi connectivity index (χ1n) is 9.51. The van der Waals surface area contributed by atoms with Crippen LogP contribution in [0.2, 0.25) is 0 Å². The molecule has 3 heterocycles. The predicted molar refractivity (Wildman–Crippen MR) is 113 cm³/mol. The summed E-state index contributed by atoms with van der Waals surface area (Å²) >= 11 is 0. The van der Waals surface area contributed by atoms with Gasteiger partial charge in [-0.05, 0) is 55.5 Å². The highest BCUT2D eigenvalue weighted by molar-refractivity contribution is 7.87. The summed E-state index contributed by atoms with van der Waals surface area (Å²) in [7, 11) is -1.77. The SMILES string of the molecule is Cc1cc2nc(-c3ccn(C)n3)nc(N3CC(CCNS(N)(=O)=O)C3)c2cc1C. The lowest BCUT2D eigenvalue weighted by Crippen LogP contribution is -2.48. The fourth-order valence-corrected chi connectivity index (χ4v) is 4.00. The molecule has 3 N–H and O–H groups in total. The highest BCUT2D eigenvalue weighted by atomic mass is 32.2. The van der Waals surface area contributed by atoms with E-state index in [0.717, 1.165) is 41.9 Å². The van der Waals surface area contributed by atoms with Crippen molar-refractivity contribution in [3.8, 4) is 11.5 Å². The average molecular weight is 416 g/mol. The predicted octanol–water partition coefficient (Wildman–Crippen LogP) is 1.27. The summed E-state index contributed by atoms with van der Waals surface area (Å²) in [5.74, 6) is 1.89. The number of nitrogens with one attached hydrogen (secondary N) is 1. The van der Waals surface area contributed by atoms with Gasteiger partial charge in [0, 0.05) is 38.3 Å². The lowest BCUT2D eigenvalue weighted by atomic mass is 9.95. The summed E-state index contributed by atoms with van der Waals surface area (Å²) in [4.78, 5) is 11.8. The minimum atomic E-state index is -3.63. The maximum atomic E-state index is 11.0. The molecule has 1 aliphatic heterocycles. The first-order valence-corrected chi connectivity index (χ1v) is 11.1. The monoisotopic (exact) mass is 415 g/mol. The van der Waals surface area contributed by atoms with Crippen LogP contribution in [0, 0.1) is 19.8 Å². The quantitative estimate of drug-likeness (QED) is 0.626. The molecule has 29 heavy (non-hydrogen) atoms. The molecule has 1 saturated heterocycles. The van der Waals surface area contributed by atoms with Gasteiger partial charge in [0.1, 0.15) is 11.5 Å². The molecule has 1 fully saturated rings. The average Bonchev–Trinajstić information content (AvgIpc) is 3.03. The van der Waals surface area contributed by atoms with Crippen molar-refractivity contribution in [2.45, 2.75) is 20.3 Å². The highest BCUT2D eigenvalue weighted by Gasteiger charge is 2.29. The summed E-state index contributed by atoms with van der Waals surface area (Å²) < 4.78 is 26.1. The zero-order chi connectivity index (χ0) is 20.8. The number of anilines is 1. The maximum absolute atomic E-state index is 11.0. The van der Waals surface area contributed by atoms with Crippen LogP contribution < -0.4 is 14.8 Å². The van der Waals surface area contributed by atoms with E-state index in [2.05, 4.69) is 40.7 Å². The molecule has 0 aliphatic carbocycles. The van der Waals surface area contributed by atoms with Gasteiger partial charge in [-0.2, -0.15) is 13.5 Å². The van der Waals surface area contributed by atoms with E-state index in [1.807, 2.05) is 19.3 Å². The zero-order valence-electron chi connectivity index (χ0n) is 16.8. The second-order valence-electron chi connectivity index (χ2n) is 7.70. The molecule has 10 heteroatoms. The second kappa shape index (κ2) is 7.36. The number of nitrogens with two attached hydrogens (primary N) is 1. The summed E-state index contributed by atoms with van der Waals surface area (Å²) in [5.41, 5.74) is 4.02. The number of nitrogens with zero attached hydrogens (tertiary/aromatic N) is 5. The molecule has 0 saturated carbocycles. The molecule has 0 spiro atoms. The molecule has 1 aromatic carbocycles. The second-order valence-corrected chi connectivity index (χ2v) is 9.08. The number of aryl methyl sites for hydroxylation is 3. The molecule has 4 rings (SSSR count). The number of fused-ring (bicyclic) bond motifs is 1. The van der Waals surface area contributed by atoms with Crippen LogP contribution >= 0.6 is 0 Å². The van der Waals surface area contributed by atoms with E-state index in [1.54, 1.807) is 4.68 Å². The largest absolute Gasteiger partial charge is 0.355 e. The molecule has 0 radical (unpaired) electrons. The zero-order valence-corrected chi connectivity index (χ0v) is 17.6. The van der Waals surface area contributed by atoms with E-state index in [0.29, 0.717) is 18.3 Å². The molecular weight excluding hydrogens is 390 g/mol. The molecule has 2 aromatic heterocycles. The molecule has 1 aliphatic rings. The molecule has 0 atom stereocenters. The van der Waals surface area contributed by atoms with Gasteiger partial charge in [-0.15, -0.1) is 0 Å². The van der Waals surface area contributed by atoms with Crippen LogP contribution in [0.1, 0.15) is 17.5 Å². The van der Waals surface area contributed by atoms with Gasteiger partial charge in [0.05, 0.1) is 5.52 Å². The number of rotatable bonds is 6. The third-order valence-electron chi connectivity index (χ3n) is 5.35. The van der Waals surface area contributed by atoms with Crippen molar-refractivity contribution in [2.24, 2.45) is 18.1 Å². The lowest BCUT2D eigenvalue weighted by Gasteiger charge is -2.40. The minimum Gasteiger partial charge on any atom is -0.355 e. The molecule has 154 valence electrons. The van der Waals surface area contributed by atoms with Crippen LogP contribution in [0.5, 0.6) is 0 Å². The summed E-state index contributed by atoms with van der Waals surface area (Å²) in [6.07, 6.45) is 2.61. The lowest BCUT2D eigenvalue weighted by molar-refractivity contribution is 0.382. The van der Waals surface area contributed by atoms with Crippen molar-refractivity contribution in [1.29, 1.82) is 0 Å². The van der Waals surface area contributed by atoms with E-state index < -0.39 is 10.2 Å². The van der Waals surface area contributed by atoms with E-state index in [9.17, 15) is 8.42 Å². The van der Waals surface area contributed by atoms with Crippen molar-refractivity contribution >= 4 is 26.9 Å². The first kappa shape index (κ1) is 19.7. The third kappa shape index (κ3) is 4.24. The van der Waals surface area contributed by atoms with Gasteiger partial charge in [-0.3, -0.25) is 4.68 Å². The van der Waals surface area contributed by atoms with E-state index in [1.165, 1.54) is 11.1 Å². The van der Waals surface area contributed by atoms with Gasteiger partial charge in [0.25, 0.3) is 10.2 Å². The van der Waals surface area contributed by atoms with Gasteiger partial charge in [-0.25, -0.2) is 19.8 Å². The minimum absolute atomic E-state index is 0.347. The van der Waals surface area contributed by atoms with Crippen LogP contribution in [-0.2, 0) is 17.3 Å². The number of aromatic nitrogens is 4. The molecule has 0 bridgehead atoms. The Hall–Kier alpha value is -2.56. The molecule has 3 aromatic rings. The summed E-state index contributed by atoms with van der Waals surface area (Å²) in [5, 5.41) is 10.5. The Bertz CT molecular complexity index is 1170. The molecule has 0 amide bonds. The Morgan fingerprint density at radius 3 is 2.59 bits per heavy atom. The van der Waals surface area contributed by atoms with Crippen LogP contribution in [0.4, 0.5) is 5.82 Å². The molecule has 0 unspecified atom stereocenters. The maximum Gasteiger partial charge on any atom is 0.274 e. The number of hydrogen-bond donors (Lipinski definition) is 2. The van der Waals surface area contributed by atoms with Crippen LogP contribution in [0.15, 0.2) is 24.4 Å². The van der Waals surface area contributed by atoms with Gasteiger partial charge < -0.3 is 4.90 Å². The fraction of sp³-hybridized carbons (Fsp3) is 0.421. The Morgan fingerprint density at radius 1 is 1.21 bits per heavy atom. The Balaban J connectivity index is 1.62. The van der Waals surface area contributed by atoms with Crippen molar-refractivity contribution in [1.82, 2.24) is 24.5 Å².